The Kier molecular flexibility index (Phi) is 6.92. The van der Waals surface area contributed by atoms with Crippen molar-refractivity contribution in [2.24, 2.45) is 0 Å². The molecular formula is C16H24N2O5S. The Hall–Kier alpha value is -1.93. The Morgan fingerprint density at radius 3 is 2.00 bits per heavy atom. The molecule has 0 unspecified atom stereocenters. The van der Waals surface area contributed by atoms with E-state index in [-0.39, 0.29) is 29.1 Å². The van der Waals surface area contributed by atoms with Crippen LogP contribution >= 0.6 is 0 Å². The number of nitrogens with zero attached hydrogens (tertiary/aromatic N) is 1. The molecule has 0 aliphatic carbocycles. The molecule has 0 bridgehead atoms. The largest absolute Gasteiger partial charge is 0.468 e. The van der Waals surface area contributed by atoms with E-state index in [1.165, 1.54) is 35.7 Å². The van der Waals surface area contributed by atoms with Gasteiger partial charge < -0.3 is 10.1 Å². The zero-order valence-corrected chi connectivity index (χ0v) is 15.4. The predicted molar refractivity (Wildman–Crippen MR) is 90.1 cm³/mol. The smallest absolute Gasteiger partial charge is 0.325 e. The van der Waals surface area contributed by atoms with E-state index in [2.05, 4.69) is 10.1 Å². The van der Waals surface area contributed by atoms with E-state index in [1.807, 2.05) is 27.7 Å². The zero-order valence-electron chi connectivity index (χ0n) is 14.6. The number of nitrogens with one attached hydrogen (secondary N) is 1. The summed E-state index contributed by atoms with van der Waals surface area (Å²) < 4.78 is 31.3. The summed E-state index contributed by atoms with van der Waals surface area (Å²) in [4.78, 5) is 23.0. The molecule has 1 aromatic rings. The lowest BCUT2D eigenvalue weighted by molar-refractivity contribution is -0.139. The Labute approximate surface area is 143 Å². The summed E-state index contributed by atoms with van der Waals surface area (Å²) >= 11 is 0. The molecule has 24 heavy (non-hydrogen) atoms. The minimum Gasteiger partial charge on any atom is -0.468 e. The number of methoxy groups -OCH3 is 1. The van der Waals surface area contributed by atoms with Crippen LogP contribution in [0.1, 0.15) is 38.1 Å². The number of ether oxygens (including phenoxy) is 1. The lowest BCUT2D eigenvalue weighted by atomic mass is 10.2. The summed E-state index contributed by atoms with van der Waals surface area (Å²) in [6, 6.07) is 5.24. The number of esters is 1. The van der Waals surface area contributed by atoms with Crippen LogP contribution in [-0.2, 0) is 19.6 Å². The third-order valence-electron chi connectivity index (χ3n) is 3.33. The molecule has 134 valence electrons. The van der Waals surface area contributed by atoms with Crippen LogP contribution in [0.3, 0.4) is 0 Å². The van der Waals surface area contributed by atoms with Gasteiger partial charge in [-0.05, 0) is 52.0 Å². The lowest BCUT2D eigenvalue weighted by Crippen LogP contribution is -2.41. The minimum atomic E-state index is -3.64. The van der Waals surface area contributed by atoms with Crippen molar-refractivity contribution in [3.63, 3.8) is 0 Å². The zero-order chi connectivity index (χ0) is 18.5. The molecule has 7 nitrogen and oxygen atoms in total. The van der Waals surface area contributed by atoms with Gasteiger partial charge in [-0.15, -0.1) is 0 Å². The van der Waals surface area contributed by atoms with Crippen molar-refractivity contribution in [3.8, 4) is 0 Å². The molecule has 1 rings (SSSR count). The second-order valence-electron chi connectivity index (χ2n) is 5.81. The van der Waals surface area contributed by atoms with Crippen molar-refractivity contribution in [3.05, 3.63) is 29.8 Å². The standard InChI is InChI=1S/C16H24N2O5S/c1-11(2)18(12(3)4)24(21,22)14-8-6-13(7-9-14)16(20)17-10-15(19)23-5/h6-9,11-12H,10H2,1-5H3,(H,17,20). The molecule has 0 saturated carbocycles. The molecule has 1 N–H and O–H groups in total. The average molecular weight is 356 g/mol. The Morgan fingerprint density at radius 2 is 1.58 bits per heavy atom. The SMILES string of the molecule is COC(=O)CNC(=O)c1ccc(S(=O)(=O)N(C(C)C)C(C)C)cc1. The summed E-state index contributed by atoms with van der Waals surface area (Å²) in [7, 11) is -2.42. The molecule has 0 atom stereocenters. The van der Waals surface area contributed by atoms with Crippen molar-refractivity contribution >= 4 is 21.9 Å². The highest BCUT2D eigenvalue weighted by Crippen LogP contribution is 2.21. The highest BCUT2D eigenvalue weighted by molar-refractivity contribution is 7.89. The van der Waals surface area contributed by atoms with E-state index in [4.69, 9.17) is 0 Å². The molecular weight excluding hydrogens is 332 g/mol. The van der Waals surface area contributed by atoms with Crippen LogP contribution in [0.15, 0.2) is 29.2 Å². The molecule has 0 saturated heterocycles. The molecule has 8 heteroatoms. The first kappa shape index (κ1) is 20.1. The molecule has 0 aliphatic heterocycles. The highest BCUT2D eigenvalue weighted by atomic mass is 32.2. The van der Waals surface area contributed by atoms with E-state index in [0.29, 0.717) is 0 Å². The summed E-state index contributed by atoms with van der Waals surface area (Å²) in [5.41, 5.74) is 0.262. The lowest BCUT2D eigenvalue weighted by Gasteiger charge is -2.29. The van der Waals surface area contributed by atoms with E-state index < -0.39 is 21.9 Å². The maximum atomic E-state index is 12.7. The minimum absolute atomic E-state index is 0.120. The fourth-order valence-corrected chi connectivity index (χ4v) is 4.21. The monoisotopic (exact) mass is 356 g/mol. The van der Waals surface area contributed by atoms with Gasteiger partial charge in [0.05, 0.1) is 12.0 Å². The number of carbonyl (C=O) groups is 2. The third kappa shape index (κ3) is 4.78. The molecule has 0 aromatic heterocycles. The summed E-state index contributed by atoms with van der Waals surface area (Å²) in [5.74, 6) is -1.04. The van der Waals surface area contributed by atoms with Gasteiger partial charge in [0.2, 0.25) is 10.0 Å². The van der Waals surface area contributed by atoms with Crippen LogP contribution in [0.2, 0.25) is 0 Å². The number of hydrogen-bond donors (Lipinski definition) is 1. The van der Waals surface area contributed by atoms with E-state index in [0.717, 1.165) is 0 Å². The number of amides is 1. The van der Waals surface area contributed by atoms with E-state index >= 15 is 0 Å². The molecule has 0 fully saturated rings. The van der Waals surface area contributed by atoms with Gasteiger partial charge in [-0.3, -0.25) is 9.59 Å². The van der Waals surface area contributed by atoms with Crippen LogP contribution in [0.25, 0.3) is 0 Å². The molecule has 1 aromatic carbocycles. The Bertz CT molecular complexity index is 673. The van der Waals surface area contributed by atoms with Gasteiger partial charge in [0.15, 0.2) is 0 Å². The van der Waals surface area contributed by atoms with Crippen molar-refractivity contribution < 1.29 is 22.7 Å². The summed E-state index contributed by atoms with van der Waals surface area (Å²) in [6.07, 6.45) is 0. The van der Waals surface area contributed by atoms with Crippen LogP contribution < -0.4 is 5.32 Å². The van der Waals surface area contributed by atoms with Gasteiger partial charge in [0.25, 0.3) is 5.91 Å². The average Bonchev–Trinajstić information content (AvgIpc) is 2.51. The fraction of sp³-hybridized carbons (Fsp3) is 0.500. The molecule has 1 amide bonds. The van der Waals surface area contributed by atoms with Gasteiger partial charge >= 0.3 is 5.97 Å². The summed E-state index contributed by atoms with van der Waals surface area (Å²) in [5, 5.41) is 2.39. The van der Waals surface area contributed by atoms with Gasteiger partial charge in [-0.1, -0.05) is 0 Å². The second kappa shape index (κ2) is 8.25. The van der Waals surface area contributed by atoms with Crippen LogP contribution in [0.5, 0.6) is 0 Å². The fourth-order valence-electron chi connectivity index (χ4n) is 2.38. The Balaban J connectivity index is 2.98. The van der Waals surface area contributed by atoms with E-state index in [1.54, 1.807) is 0 Å². The first-order valence-electron chi connectivity index (χ1n) is 7.59. The van der Waals surface area contributed by atoms with Crippen molar-refractivity contribution in [2.45, 2.75) is 44.7 Å². The maximum absolute atomic E-state index is 12.7. The van der Waals surface area contributed by atoms with Gasteiger partial charge in [-0.2, -0.15) is 4.31 Å². The summed E-state index contributed by atoms with van der Waals surface area (Å²) in [6.45, 7) is 7.00. The number of hydrogen-bond acceptors (Lipinski definition) is 5. The maximum Gasteiger partial charge on any atom is 0.325 e. The third-order valence-corrected chi connectivity index (χ3v) is 5.60. The molecule has 0 aliphatic rings. The second-order valence-corrected chi connectivity index (χ2v) is 7.65. The van der Waals surface area contributed by atoms with Crippen molar-refractivity contribution in [1.29, 1.82) is 0 Å². The molecule has 0 heterocycles. The number of benzene rings is 1. The Morgan fingerprint density at radius 1 is 1.08 bits per heavy atom. The quantitative estimate of drug-likeness (QED) is 0.746. The number of sulfonamides is 1. The van der Waals surface area contributed by atoms with Gasteiger partial charge in [-0.25, -0.2) is 8.42 Å². The van der Waals surface area contributed by atoms with Crippen LogP contribution in [-0.4, -0.2) is 50.3 Å². The van der Waals surface area contributed by atoms with Crippen LogP contribution in [0.4, 0.5) is 0 Å². The first-order valence-corrected chi connectivity index (χ1v) is 9.03. The molecule has 0 spiro atoms. The highest BCUT2D eigenvalue weighted by Gasteiger charge is 2.29. The normalized spacial score (nSPS) is 11.8. The van der Waals surface area contributed by atoms with Gasteiger partial charge in [0.1, 0.15) is 6.54 Å². The van der Waals surface area contributed by atoms with Crippen LogP contribution in [0, 0.1) is 0 Å². The predicted octanol–water partition coefficient (Wildman–Crippen LogP) is 1.40. The van der Waals surface area contributed by atoms with Gasteiger partial charge in [0, 0.05) is 17.6 Å². The number of carbonyl (C=O) groups excluding carboxylic acids is 2. The first-order chi connectivity index (χ1) is 11.1. The molecule has 0 radical (unpaired) electrons. The van der Waals surface area contributed by atoms with Crippen molar-refractivity contribution in [1.82, 2.24) is 9.62 Å². The van der Waals surface area contributed by atoms with E-state index in [9.17, 15) is 18.0 Å². The number of rotatable bonds is 7. The van der Waals surface area contributed by atoms with Crippen molar-refractivity contribution in [2.75, 3.05) is 13.7 Å². The topological polar surface area (TPSA) is 92.8 Å².